The predicted octanol–water partition coefficient (Wildman–Crippen LogP) is 2.99. The van der Waals surface area contributed by atoms with Crippen molar-refractivity contribution in [2.24, 2.45) is 5.92 Å². The Morgan fingerprint density at radius 1 is 1.08 bits per heavy atom. The average molecular weight is 366 g/mol. The lowest BCUT2D eigenvalue weighted by molar-refractivity contribution is -0.133. The lowest BCUT2D eigenvalue weighted by atomic mass is 9.85. The molecule has 1 aliphatic carbocycles. The smallest absolute Gasteiger partial charge is 0.249 e. The molecule has 0 bridgehead atoms. The van der Waals surface area contributed by atoms with Gasteiger partial charge >= 0.3 is 0 Å². The number of rotatable bonds is 5. The van der Waals surface area contributed by atoms with Gasteiger partial charge in [-0.15, -0.1) is 0 Å². The molecular formula is C20H28F2N2O2. The third-order valence-corrected chi connectivity index (χ3v) is 5.63. The van der Waals surface area contributed by atoms with Gasteiger partial charge in [0.25, 0.3) is 0 Å². The molecule has 1 amide bonds. The van der Waals surface area contributed by atoms with Crippen LogP contribution >= 0.6 is 0 Å². The van der Waals surface area contributed by atoms with Gasteiger partial charge in [0.05, 0.1) is 0 Å². The molecule has 0 radical (unpaired) electrons. The Bertz CT molecular complexity index is 592. The van der Waals surface area contributed by atoms with E-state index < -0.39 is 17.7 Å². The van der Waals surface area contributed by atoms with Gasteiger partial charge in [0.1, 0.15) is 17.7 Å². The summed E-state index contributed by atoms with van der Waals surface area (Å²) in [7, 11) is 0. The van der Waals surface area contributed by atoms with Crippen LogP contribution in [0.25, 0.3) is 0 Å². The average Bonchev–Trinajstić information content (AvgIpc) is 2.62. The van der Waals surface area contributed by atoms with Crippen molar-refractivity contribution in [3.05, 3.63) is 35.4 Å². The summed E-state index contributed by atoms with van der Waals surface area (Å²) in [6.45, 7) is 2.01. The van der Waals surface area contributed by atoms with Crippen LogP contribution in [-0.2, 0) is 11.3 Å². The molecular weight excluding hydrogens is 338 g/mol. The summed E-state index contributed by atoms with van der Waals surface area (Å²) in [5.41, 5.74) is 0.623. The van der Waals surface area contributed by atoms with Crippen molar-refractivity contribution in [3.8, 4) is 0 Å². The van der Waals surface area contributed by atoms with Gasteiger partial charge in [-0.25, -0.2) is 8.78 Å². The summed E-state index contributed by atoms with van der Waals surface area (Å²) in [6.07, 6.45) is 5.89. The lowest BCUT2D eigenvalue weighted by Gasteiger charge is -2.33. The number of hydrogen-bond acceptors (Lipinski definition) is 3. The Morgan fingerprint density at radius 3 is 2.31 bits per heavy atom. The van der Waals surface area contributed by atoms with Gasteiger partial charge < -0.3 is 10.4 Å². The van der Waals surface area contributed by atoms with E-state index in [9.17, 15) is 18.7 Å². The first-order chi connectivity index (χ1) is 12.5. The van der Waals surface area contributed by atoms with Crippen molar-refractivity contribution in [2.45, 2.75) is 63.6 Å². The zero-order valence-corrected chi connectivity index (χ0v) is 15.1. The van der Waals surface area contributed by atoms with Crippen molar-refractivity contribution in [2.75, 3.05) is 13.1 Å². The Kier molecular flexibility index (Phi) is 6.59. The molecule has 2 aliphatic rings. The van der Waals surface area contributed by atoms with Gasteiger partial charge in [0.2, 0.25) is 5.91 Å². The van der Waals surface area contributed by atoms with E-state index in [1.807, 2.05) is 0 Å². The van der Waals surface area contributed by atoms with Crippen LogP contribution in [0.3, 0.4) is 0 Å². The second-order valence-electron chi connectivity index (χ2n) is 7.68. The van der Waals surface area contributed by atoms with Gasteiger partial charge in [-0.2, -0.15) is 0 Å². The monoisotopic (exact) mass is 366 g/mol. The molecule has 0 unspecified atom stereocenters. The first-order valence-electron chi connectivity index (χ1n) is 9.67. The Hall–Kier alpha value is -1.53. The fraction of sp³-hybridized carbons (Fsp3) is 0.650. The minimum atomic E-state index is -0.899. The second kappa shape index (κ2) is 8.91. The predicted molar refractivity (Wildman–Crippen MR) is 95.4 cm³/mol. The fourth-order valence-corrected chi connectivity index (χ4v) is 4.15. The summed E-state index contributed by atoms with van der Waals surface area (Å²) in [4.78, 5) is 14.4. The Labute approximate surface area is 153 Å². The number of aliphatic hydroxyl groups excluding tert-OH is 1. The Balaban J connectivity index is 1.43. The molecule has 26 heavy (non-hydrogen) atoms. The number of benzene rings is 1. The van der Waals surface area contributed by atoms with Crippen LogP contribution in [0.4, 0.5) is 8.78 Å². The van der Waals surface area contributed by atoms with Crippen LogP contribution in [0.15, 0.2) is 18.2 Å². The van der Waals surface area contributed by atoms with Gasteiger partial charge in [-0.05, 0) is 49.3 Å². The number of nitrogens with zero attached hydrogens (tertiary/aromatic N) is 1. The normalized spacial score (nSPS) is 21.5. The molecule has 1 saturated carbocycles. The minimum Gasteiger partial charge on any atom is -0.383 e. The van der Waals surface area contributed by atoms with Crippen molar-refractivity contribution >= 4 is 5.91 Å². The van der Waals surface area contributed by atoms with E-state index in [0.29, 0.717) is 12.1 Å². The number of aliphatic hydroxyl groups is 1. The van der Waals surface area contributed by atoms with E-state index >= 15 is 0 Å². The molecule has 1 aliphatic heterocycles. The highest BCUT2D eigenvalue weighted by atomic mass is 19.1. The van der Waals surface area contributed by atoms with Crippen molar-refractivity contribution in [1.82, 2.24) is 10.2 Å². The number of carbonyl (C=O) groups excluding carboxylic acids is 1. The van der Waals surface area contributed by atoms with E-state index in [1.165, 1.54) is 18.6 Å². The van der Waals surface area contributed by atoms with Crippen LogP contribution in [0.1, 0.15) is 50.5 Å². The number of hydrogen-bond donors (Lipinski definition) is 2. The van der Waals surface area contributed by atoms with Crippen molar-refractivity contribution in [1.29, 1.82) is 0 Å². The lowest BCUT2D eigenvalue weighted by Crippen LogP contribution is -2.49. The summed E-state index contributed by atoms with van der Waals surface area (Å²) < 4.78 is 26.6. The topological polar surface area (TPSA) is 52.6 Å². The van der Waals surface area contributed by atoms with Crippen LogP contribution in [-0.4, -0.2) is 41.1 Å². The SMILES string of the molecule is O=C(NC1CCN(Cc2cc(F)cc(F)c2)CC1)[C@H](O)C1CCCCC1. The van der Waals surface area contributed by atoms with Crippen molar-refractivity contribution < 1.29 is 18.7 Å². The molecule has 1 aromatic carbocycles. The number of carbonyl (C=O) groups is 1. The first kappa shape index (κ1) is 19.2. The van der Waals surface area contributed by atoms with Gasteiger partial charge in [0.15, 0.2) is 0 Å². The first-order valence-corrected chi connectivity index (χ1v) is 9.67. The highest BCUT2D eigenvalue weighted by molar-refractivity contribution is 5.81. The molecule has 1 aromatic rings. The van der Waals surface area contributed by atoms with E-state index in [-0.39, 0.29) is 17.9 Å². The van der Waals surface area contributed by atoms with E-state index in [0.717, 1.165) is 57.7 Å². The largest absolute Gasteiger partial charge is 0.383 e. The quantitative estimate of drug-likeness (QED) is 0.842. The maximum Gasteiger partial charge on any atom is 0.249 e. The minimum absolute atomic E-state index is 0.0567. The summed E-state index contributed by atoms with van der Waals surface area (Å²) in [5.74, 6) is -1.27. The van der Waals surface area contributed by atoms with E-state index in [4.69, 9.17) is 0 Å². The molecule has 2 N–H and O–H groups in total. The van der Waals surface area contributed by atoms with Crippen LogP contribution < -0.4 is 5.32 Å². The highest BCUT2D eigenvalue weighted by Crippen LogP contribution is 2.26. The van der Waals surface area contributed by atoms with Crippen molar-refractivity contribution in [3.63, 3.8) is 0 Å². The van der Waals surface area contributed by atoms with E-state index in [2.05, 4.69) is 10.2 Å². The summed E-state index contributed by atoms with van der Waals surface area (Å²) >= 11 is 0. The number of halogens is 2. The molecule has 0 spiro atoms. The van der Waals surface area contributed by atoms with Crippen LogP contribution in [0.5, 0.6) is 0 Å². The van der Waals surface area contributed by atoms with Gasteiger partial charge in [-0.1, -0.05) is 19.3 Å². The number of likely N-dealkylation sites (tertiary alicyclic amines) is 1. The molecule has 1 atom stereocenters. The number of amides is 1. The third kappa shape index (κ3) is 5.24. The van der Waals surface area contributed by atoms with Gasteiger partial charge in [0, 0.05) is 31.7 Å². The van der Waals surface area contributed by atoms with Crippen LogP contribution in [0.2, 0.25) is 0 Å². The maximum absolute atomic E-state index is 13.3. The Morgan fingerprint density at radius 2 is 1.69 bits per heavy atom. The van der Waals surface area contributed by atoms with E-state index in [1.54, 1.807) is 0 Å². The van der Waals surface area contributed by atoms with Crippen LogP contribution in [0, 0.1) is 17.6 Å². The standard InChI is InChI=1S/C20H28F2N2O2/c21-16-10-14(11-17(22)12-16)13-24-8-6-18(7-9-24)23-20(26)19(25)15-4-2-1-3-5-15/h10-12,15,18-19,25H,1-9,13H2,(H,23,26)/t19-/m1/s1. The number of nitrogens with one attached hydrogen (secondary N) is 1. The fourth-order valence-electron chi connectivity index (χ4n) is 4.15. The van der Waals surface area contributed by atoms with Gasteiger partial charge in [-0.3, -0.25) is 9.69 Å². The molecule has 4 nitrogen and oxygen atoms in total. The highest BCUT2D eigenvalue weighted by Gasteiger charge is 2.29. The molecule has 2 fully saturated rings. The molecule has 1 heterocycles. The summed E-state index contributed by atoms with van der Waals surface area (Å²) in [5, 5.41) is 13.3. The molecule has 3 rings (SSSR count). The summed E-state index contributed by atoms with van der Waals surface area (Å²) in [6, 6.07) is 3.65. The molecule has 0 aromatic heterocycles. The second-order valence-corrected chi connectivity index (χ2v) is 7.68. The third-order valence-electron chi connectivity index (χ3n) is 5.63. The zero-order valence-electron chi connectivity index (χ0n) is 15.1. The maximum atomic E-state index is 13.3. The zero-order chi connectivity index (χ0) is 18.5. The molecule has 144 valence electrons. The number of piperidine rings is 1. The molecule has 1 saturated heterocycles. The molecule has 6 heteroatoms.